The number of morpholine rings is 1. The van der Waals surface area contributed by atoms with Crippen LogP contribution in [-0.2, 0) is 19.6 Å². The van der Waals surface area contributed by atoms with Crippen LogP contribution < -0.4 is 14.9 Å². The maximum Gasteiger partial charge on any atom is 0.263 e. The predicted octanol–water partition coefficient (Wildman–Crippen LogP) is 2.92. The molecular weight excluding hydrogens is 440 g/mol. The molecule has 0 aliphatic carbocycles. The van der Waals surface area contributed by atoms with Crippen LogP contribution in [0.5, 0.6) is 0 Å². The number of aryl methyl sites for hydroxylation is 1. The van der Waals surface area contributed by atoms with E-state index in [0.29, 0.717) is 18.8 Å². The summed E-state index contributed by atoms with van der Waals surface area (Å²) in [4.78, 5) is 20.3. The van der Waals surface area contributed by atoms with Gasteiger partial charge >= 0.3 is 0 Å². The van der Waals surface area contributed by atoms with Gasteiger partial charge in [-0.05, 0) is 48.7 Å². The number of carbonyl (C=O) groups excluding carboxylic acids is 1. The number of amides is 1. The number of amidine groups is 1. The van der Waals surface area contributed by atoms with Gasteiger partial charge in [0.05, 0.1) is 18.1 Å². The van der Waals surface area contributed by atoms with E-state index in [9.17, 15) is 13.2 Å². The van der Waals surface area contributed by atoms with Crippen molar-refractivity contribution >= 4 is 33.1 Å². The third kappa shape index (κ3) is 4.89. The van der Waals surface area contributed by atoms with Gasteiger partial charge in [0.1, 0.15) is 11.9 Å². The SMILES string of the molecule is CC[C@H](C)[C@H](N=C1NS(=O)(=O)c2ccccc21)C(=O)Nc1ccc(N2CCOCC2)cc1C. The third-order valence-electron chi connectivity index (χ3n) is 6.23. The zero-order chi connectivity index (χ0) is 23.6. The van der Waals surface area contributed by atoms with Gasteiger partial charge in [-0.3, -0.25) is 14.5 Å². The predicted molar refractivity (Wildman–Crippen MR) is 129 cm³/mol. The number of nitrogens with zero attached hydrogens (tertiary/aromatic N) is 2. The molecule has 0 spiro atoms. The lowest BCUT2D eigenvalue weighted by Crippen LogP contribution is -2.36. The second-order valence-electron chi connectivity index (χ2n) is 8.50. The highest BCUT2D eigenvalue weighted by atomic mass is 32.2. The molecular formula is C24H30N4O4S. The number of sulfonamides is 1. The second-order valence-corrected chi connectivity index (χ2v) is 10.1. The molecule has 33 heavy (non-hydrogen) atoms. The largest absolute Gasteiger partial charge is 0.378 e. The standard InChI is InChI=1S/C24H30N4O4S/c1-4-16(2)22(26-23-19-7-5-6-8-21(19)33(30,31)27-23)24(29)25-20-10-9-18(15-17(20)3)28-11-13-32-14-12-28/h5-10,15-16,22H,4,11-14H2,1-3H3,(H,25,29)(H,26,27)/t16-,22-/m0/s1. The van der Waals surface area contributed by atoms with Crippen LogP contribution in [0.2, 0.25) is 0 Å². The van der Waals surface area contributed by atoms with E-state index in [4.69, 9.17) is 4.74 Å². The summed E-state index contributed by atoms with van der Waals surface area (Å²) in [6, 6.07) is 11.9. The Kier molecular flexibility index (Phi) is 6.71. The number of hydrogen-bond acceptors (Lipinski definition) is 6. The molecule has 1 amide bonds. The Hall–Kier alpha value is -2.91. The zero-order valence-corrected chi connectivity index (χ0v) is 20.0. The van der Waals surface area contributed by atoms with E-state index in [1.165, 1.54) is 6.07 Å². The van der Waals surface area contributed by atoms with Gasteiger partial charge in [0.2, 0.25) is 5.91 Å². The van der Waals surface area contributed by atoms with Crippen LogP contribution >= 0.6 is 0 Å². The molecule has 2 atom stereocenters. The first-order chi connectivity index (χ1) is 15.8. The highest BCUT2D eigenvalue weighted by molar-refractivity contribution is 7.90. The lowest BCUT2D eigenvalue weighted by atomic mass is 9.98. The van der Waals surface area contributed by atoms with Gasteiger partial charge in [-0.15, -0.1) is 0 Å². The van der Waals surface area contributed by atoms with Gasteiger partial charge in [0, 0.05) is 30.0 Å². The zero-order valence-electron chi connectivity index (χ0n) is 19.2. The number of hydrogen-bond donors (Lipinski definition) is 2. The minimum Gasteiger partial charge on any atom is -0.378 e. The van der Waals surface area contributed by atoms with Crippen molar-refractivity contribution in [3.8, 4) is 0 Å². The summed E-state index contributed by atoms with van der Waals surface area (Å²) in [5, 5.41) is 3.01. The molecule has 0 bridgehead atoms. The minimum absolute atomic E-state index is 0.0808. The topological polar surface area (TPSA) is 100 Å². The molecule has 2 aliphatic heterocycles. The lowest BCUT2D eigenvalue weighted by Gasteiger charge is -2.29. The van der Waals surface area contributed by atoms with Crippen LogP contribution in [0.3, 0.4) is 0 Å². The Morgan fingerprint density at radius 2 is 1.94 bits per heavy atom. The Bertz CT molecular complexity index is 1170. The molecule has 0 aromatic heterocycles. The van der Waals surface area contributed by atoms with Crippen molar-refractivity contribution in [2.45, 2.75) is 38.1 Å². The van der Waals surface area contributed by atoms with Crippen molar-refractivity contribution in [1.82, 2.24) is 4.72 Å². The summed E-state index contributed by atoms with van der Waals surface area (Å²) in [6.07, 6.45) is 0.720. The van der Waals surface area contributed by atoms with Gasteiger partial charge in [-0.2, -0.15) is 0 Å². The summed E-state index contributed by atoms with van der Waals surface area (Å²) in [6.45, 7) is 9.00. The Morgan fingerprint density at radius 1 is 1.21 bits per heavy atom. The summed E-state index contributed by atoms with van der Waals surface area (Å²) >= 11 is 0. The summed E-state index contributed by atoms with van der Waals surface area (Å²) in [5.41, 5.74) is 3.27. The summed E-state index contributed by atoms with van der Waals surface area (Å²) in [5.74, 6) is -0.129. The quantitative estimate of drug-likeness (QED) is 0.676. The molecule has 0 saturated carbocycles. The Labute approximate surface area is 195 Å². The molecule has 2 aromatic rings. The molecule has 0 radical (unpaired) electrons. The molecule has 4 rings (SSSR count). The number of carbonyl (C=O) groups is 1. The van der Waals surface area contributed by atoms with Crippen molar-refractivity contribution < 1.29 is 17.9 Å². The van der Waals surface area contributed by atoms with Crippen LogP contribution in [0.1, 0.15) is 31.4 Å². The van der Waals surface area contributed by atoms with Crippen molar-refractivity contribution in [2.24, 2.45) is 10.9 Å². The Balaban J connectivity index is 1.58. The van der Waals surface area contributed by atoms with Crippen molar-refractivity contribution in [3.05, 3.63) is 53.6 Å². The van der Waals surface area contributed by atoms with Crippen molar-refractivity contribution in [1.29, 1.82) is 0 Å². The molecule has 9 heteroatoms. The first-order valence-corrected chi connectivity index (χ1v) is 12.7. The van der Waals surface area contributed by atoms with Gasteiger partial charge in [-0.1, -0.05) is 32.4 Å². The minimum atomic E-state index is -3.67. The molecule has 2 N–H and O–H groups in total. The first kappa shape index (κ1) is 23.3. The van der Waals surface area contributed by atoms with E-state index in [0.717, 1.165) is 36.4 Å². The van der Waals surface area contributed by atoms with E-state index < -0.39 is 16.1 Å². The maximum absolute atomic E-state index is 13.3. The number of fused-ring (bicyclic) bond motifs is 1. The van der Waals surface area contributed by atoms with Crippen LogP contribution in [0, 0.1) is 12.8 Å². The van der Waals surface area contributed by atoms with Crippen LogP contribution in [0.25, 0.3) is 0 Å². The van der Waals surface area contributed by atoms with Crippen LogP contribution in [-0.4, -0.2) is 52.5 Å². The highest BCUT2D eigenvalue weighted by Crippen LogP contribution is 2.26. The molecule has 2 heterocycles. The fourth-order valence-corrected chi connectivity index (χ4v) is 5.29. The fourth-order valence-electron chi connectivity index (χ4n) is 4.05. The first-order valence-electron chi connectivity index (χ1n) is 11.2. The molecule has 1 saturated heterocycles. The van der Waals surface area contributed by atoms with E-state index in [2.05, 4.69) is 26.0 Å². The second kappa shape index (κ2) is 9.52. The van der Waals surface area contributed by atoms with Gasteiger partial charge in [0.25, 0.3) is 10.0 Å². The average molecular weight is 471 g/mol. The number of benzene rings is 2. The summed E-state index contributed by atoms with van der Waals surface area (Å²) in [7, 11) is -3.67. The molecule has 0 unspecified atom stereocenters. The molecule has 2 aliphatic rings. The number of ether oxygens (including phenoxy) is 1. The number of nitrogens with one attached hydrogen (secondary N) is 2. The van der Waals surface area contributed by atoms with Crippen molar-refractivity contribution in [2.75, 3.05) is 36.5 Å². The van der Waals surface area contributed by atoms with Crippen LogP contribution in [0.4, 0.5) is 11.4 Å². The molecule has 1 fully saturated rings. The molecule has 2 aromatic carbocycles. The van der Waals surface area contributed by atoms with Gasteiger partial charge in [-0.25, -0.2) is 8.42 Å². The normalized spacial score (nSPS) is 20.1. The smallest absolute Gasteiger partial charge is 0.263 e. The third-order valence-corrected chi connectivity index (χ3v) is 7.62. The van der Waals surface area contributed by atoms with Crippen LogP contribution in [0.15, 0.2) is 52.4 Å². The van der Waals surface area contributed by atoms with E-state index >= 15 is 0 Å². The average Bonchev–Trinajstić information content (AvgIpc) is 3.08. The fraction of sp³-hybridized carbons (Fsp3) is 0.417. The highest BCUT2D eigenvalue weighted by Gasteiger charge is 2.33. The lowest BCUT2D eigenvalue weighted by molar-refractivity contribution is -0.118. The van der Waals surface area contributed by atoms with E-state index in [1.807, 2.05) is 32.9 Å². The number of rotatable bonds is 6. The summed E-state index contributed by atoms with van der Waals surface area (Å²) < 4.78 is 32.8. The van der Waals surface area contributed by atoms with Gasteiger partial charge in [0.15, 0.2) is 0 Å². The monoisotopic (exact) mass is 470 g/mol. The molecule has 8 nitrogen and oxygen atoms in total. The molecule has 176 valence electrons. The number of anilines is 2. The number of aliphatic imine (C=N–C) groups is 1. The Morgan fingerprint density at radius 3 is 2.64 bits per heavy atom. The van der Waals surface area contributed by atoms with Crippen molar-refractivity contribution in [3.63, 3.8) is 0 Å². The van der Waals surface area contributed by atoms with E-state index in [-0.39, 0.29) is 22.6 Å². The van der Waals surface area contributed by atoms with E-state index in [1.54, 1.807) is 18.2 Å². The van der Waals surface area contributed by atoms with Gasteiger partial charge < -0.3 is 15.0 Å². The maximum atomic E-state index is 13.3.